The summed E-state index contributed by atoms with van der Waals surface area (Å²) in [5.41, 5.74) is 0. The summed E-state index contributed by atoms with van der Waals surface area (Å²) in [4.78, 5) is 48.3. The van der Waals surface area contributed by atoms with E-state index in [0.29, 0.717) is 12.5 Å². The molecule has 2 saturated carbocycles. The number of Topliss-reactive ketones (excluding diaryl/α,β-unsaturated/α-hetero) is 1. The fourth-order valence-corrected chi connectivity index (χ4v) is 5.05. The largest absolute Gasteiger partial charge is 0.352 e. The van der Waals surface area contributed by atoms with Crippen LogP contribution in [0.15, 0.2) is 12.7 Å². The van der Waals surface area contributed by atoms with Crippen LogP contribution in [0.1, 0.15) is 112 Å². The molecule has 3 aliphatic rings. The number of nitrogens with one attached hydrogen (secondary N) is 3. The molecule has 3 unspecified atom stereocenters. The third-order valence-electron chi connectivity index (χ3n) is 7.04. The van der Waals surface area contributed by atoms with Crippen molar-refractivity contribution in [3.05, 3.63) is 12.7 Å². The molecule has 8 heteroatoms. The fraction of sp³-hybridized carbons (Fsp3) is 0.806. The van der Waals surface area contributed by atoms with Gasteiger partial charge in [0, 0.05) is 26.1 Å². The van der Waals surface area contributed by atoms with E-state index in [-0.39, 0.29) is 29.9 Å². The average molecular weight is 551 g/mol. The summed E-state index contributed by atoms with van der Waals surface area (Å²) in [6.45, 7) is 16.0. The first-order chi connectivity index (χ1) is 18.7. The molecule has 0 aromatic heterocycles. The first-order valence-electron chi connectivity index (χ1n) is 15.4. The van der Waals surface area contributed by atoms with Gasteiger partial charge in [-0.05, 0) is 57.9 Å². The maximum atomic E-state index is 13.1. The minimum atomic E-state index is -0.560. The Morgan fingerprint density at radius 1 is 0.974 bits per heavy atom. The van der Waals surface area contributed by atoms with Crippen LogP contribution < -0.4 is 16.0 Å². The number of likely N-dealkylation sites (tertiary alicyclic amines) is 1. The van der Waals surface area contributed by atoms with E-state index in [1.54, 1.807) is 0 Å². The van der Waals surface area contributed by atoms with E-state index in [4.69, 9.17) is 0 Å². The van der Waals surface area contributed by atoms with E-state index >= 15 is 0 Å². The fourth-order valence-electron chi connectivity index (χ4n) is 5.05. The van der Waals surface area contributed by atoms with E-state index in [2.05, 4.69) is 43.3 Å². The minimum absolute atomic E-state index is 0.0532. The average Bonchev–Trinajstić information content (AvgIpc) is 3.60. The molecular weight excluding hydrogens is 492 g/mol. The van der Waals surface area contributed by atoms with Crippen LogP contribution in [0.25, 0.3) is 0 Å². The summed E-state index contributed by atoms with van der Waals surface area (Å²) in [6.07, 6.45) is 14.2. The van der Waals surface area contributed by atoms with E-state index < -0.39 is 11.7 Å². The highest BCUT2D eigenvalue weighted by Gasteiger charge is 2.39. The zero-order valence-electron chi connectivity index (χ0n) is 25.9. The second-order valence-electron chi connectivity index (χ2n) is 10.7. The highest BCUT2D eigenvalue weighted by molar-refractivity contribution is 6.35. The Morgan fingerprint density at radius 3 is 2.05 bits per heavy atom. The summed E-state index contributed by atoms with van der Waals surface area (Å²) in [6, 6.07) is -0.179. The Balaban J connectivity index is 0.000000866. The molecule has 3 amide bonds. The van der Waals surface area contributed by atoms with Gasteiger partial charge in [0.2, 0.25) is 17.6 Å². The van der Waals surface area contributed by atoms with Crippen LogP contribution in [0, 0.1) is 11.8 Å². The predicted molar refractivity (Wildman–Crippen MR) is 160 cm³/mol. The molecule has 3 rings (SSSR count). The third-order valence-corrected chi connectivity index (χ3v) is 7.04. The zero-order valence-corrected chi connectivity index (χ0v) is 25.9. The van der Waals surface area contributed by atoms with Crippen molar-refractivity contribution in [2.75, 3.05) is 20.1 Å². The van der Waals surface area contributed by atoms with Gasteiger partial charge in [-0.3, -0.25) is 19.2 Å². The number of amides is 3. The summed E-state index contributed by atoms with van der Waals surface area (Å²) in [7, 11) is 1.89. The van der Waals surface area contributed by atoms with E-state index in [0.717, 1.165) is 44.6 Å². The standard InChI is InChI=1S/C20H35N3O2.C6H9NO2.C3H8.C2H6/c1-14(13-15-10-11-15)22-19(24)17-9-6-12-23(17)20(25)18(21-2)16-7-4-3-5-8-16;1-3-4-7-6(9)5(2)8;1-3-2;1-2/h14-18,21H,3-13H2,1-2H3,(H,22,24);3H,1,4H2,2H3,(H,7,9);3H2,1-2H3;1-2H3. The topological polar surface area (TPSA) is 108 Å². The van der Waals surface area contributed by atoms with Gasteiger partial charge in [0.1, 0.15) is 6.04 Å². The van der Waals surface area contributed by atoms with Gasteiger partial charge in [-0.25, -0.2) is 0 Å². The van der Waals surface area contributed by atoms with Gasteiger partial charge < -0.3 is 20.9 Å². The molecule has 0 radical (unpaired) electrons. The van der Waals surface area contributed by atoms with Crippen molar-refractivity contribution in [1.82, 2.24) is 20.9 Å². The SMILES string of the molecule is C=CCNC(=O)C(C)=O.CC.CCC.CNC(C(=O)N1CCCC1C(=O)NC(C)CC1CC1)C1CCCCC1. The number of rotatable bonds is 10. The quantitative estimate of drug-likeness (QED) is 0.268. The number of nitrogens with zero attached hydrogens (tertiary/aromatic N) is 1. The Bertz CT molecular complexity index is 732. The smallest absolute Gasteiger partial charge is 0.287 e. The van der Waals surface area contributed by atoms with Gasteiger partial charge >= 0.3 is 0 Å². The van der Waals surface area contributed by atoms with Gasteiger partial charge in [-0.2, -0.15) is 0 Å². The molecule has 0 spiro atoms. The molecule has 3 N–H and O–H groups in total. The van der Waals surface area contributed by atoms with Crippen molar-refractivity contribution in [2.45, 2.75) is 130 Å². The normalized spacial score (nSPS) is 19.9. The van der Waals surface area contributed by atoms with Crippen molar-refractivity contribution in [3.8, 4) is 0 Å². The molecule has 3 atom stereocenters. The van der Waals surface area contributed by atoms with E-state index in [1.807, 2.05) is 25.8 Å². The summed E-state index contributed by atoms with van der Waals surface area (Å²) in [5.74, 6) is 0.382. The minimum Gasteiger partial charge on any atom is -0.352 e. The van der Waals surface area contributed by atoms with Gasteiger partial charge in [0.25, 0.3) is 5.91 Å². The van der Waals surface area contributed by atoms with Crippen molar-refractivity contribution in [3.63, 3.8) is 0 Å². The van der Waals surface area contributed by atoms with Gasteiger partial charge in [0.05, 0.1) is 6.04 Å². The first kappa shape index (κ1) is 36.8. The van der Waals surface area contributed by atoms with Crippen LogP contribution >= 0.6 is 0 Å². The first-order valence-corrected chi connectivity index (χ1v) is 15.4. The van der Waals surface area contributed by atoms with Crippen LogP contribution in [0.2, 0.25) is 0 Å². The Hall–Kier alpha value is -2.22. The number of likely N-dealkylation sites (N-methyl/N-ethyl adjacent to an activating group) is 1. The van der Waals surface area contributed by atoms with Gasteiger partial charge in [-0.15, -0.1) is 6.58 Å². The molecule has 0 aromatic rings. The second-order valence-corrected chi connectivity index (χ2v) is 10.7. The molecule has 8 nitrogen and oxygen atoms in total. The summed E-state index contributed by atoms with van der Waals surface area (Å²) < 4.78 is 0. The number of carbonyl (C=O) groups excluding carboxylic acids is 4. The highest BCUT2D eigenvalue weighted by Crippen LogP contribution is 2.33. The molecule has 2 aliphatic carbocycles. The second kappa shape index (κ2) is 21.6. The van der Waals surface area contributed by atoms with Crippen LogP contribution in [0.3, 0.4) is 0 Å². The summed E-state index contributed by atoms with van der Waals surface area (Å²) >= 11 is 0. The Morgan fingerprint density at radius 2 is 1.56 bits per heavy atom. The van der Waals surface area contributed by atoms with Gasteiger partial charge in [-0.1, -0.05) is 72.3 Å². The molecule has 39 heavy (non-hydrogen) atoms. The molecule has 0 aromatic carbocycles. The lowest BCUT2D eigenvalue weighted by Gasteiger charge is -2.34. The molecule has 1 aliphatic heterocycles. The van der Waals surface area contributed by atoms with Gasteiger partial charge in [0.15, 0.2) is 0 Å². The van der Waals surface area contributed by atoms with Crippen LogP contribution in [0.5, 0.6) is 0 Å². The van der Waals surface area contributed by atoms with Crippen LogP contribution in [-0.2, 0) is 19.2 Å². The lowest BCUT2D eigenvalue weighted by atomic mass is 9.83. The van der Waals surface area contributed by atoms with E-state index in [9.17, 15) is 19.2 Å². The zero-order chi connectivity index (χ0) is 29.8. The predicted octanol–water partition coefficient (Wildman–Crippen LogP) is 4.77. The van der Waals surface area contributed by atoms with Crippen molar-refractivity contribution < 1.29 is 19.2 Å². The molecule has 3 fully saturated rings. The van der Waals surface area contributed by atoms with Crippen molar-refractivity contribution in [2.24, 2.45) is 11.8 Å². The maximum absolute atomic E-state index is 13.1. The highest BCUT2D eigenvalue weighted by atomic mass is 16.2. The number of hydrogen-bond donors (Lipinski definition) is 3. The van der Waals surface area contributed by atoms with Crippen LogP contribution in [-0.4, -0.2) is 66.7 Å². The lowest BCUT2D eigenvalue weighted by Crippen LogP contribution is -2.55. The lowest BCUT2D eigenvalue weighted by molar-refractivity contribution is -0.141. The summed E-state index contributed by atoms with van der Waals surface area (Å²) in [5, 5.41) is 8.75. The maximum Gasteiger partial charge on any atom is 0.287 e. The van der Waals surface area contributed by atoms with Crippen LogP contribution in [0.4, 0.5) is 0 Å². The number of carbonyl (C=O) groups is 4. The van der Waals surface area contributed by atoms with Crippen molar-refractivity contribution >= 4 is 23.5 Å². The van der Waals surface area contributed by atoms with Crippen molar-refractivity contribution in [1.29, 1.82) is 0 Å². The third kappa shape index (κ3) is 14.7. The molecular formula is C31H58N4O4. The Labute approximate surface area is 238 Å². The molecule has 1 heterocycles. The Kier molecular flexibility index (Phi) is 20.4. The monoisotopic (exact) mass is 550 g/mol. The molecule has 0 bridgehead atoms. The van der Waals surface area contributed by atoms with E-state index in [1.165, 1.54) is 51.5 Å². The molecule has 1 saturated heterocycles. The number of ketones is 1. The number of hydrogen-bond acceptors (Lipinski definition) is 5. The molecule has 226 valence electrons.